The van der Waals surface area contributed by atoms with Crippen LogP contribution in [0.15, 0.2) is 0 Å². The number of likely N-dealkylation sites (N-methyl/N-ethyl adjacent to an activating group) is 1. The Bertz CT molecular complexity index is 297. The molecule has 0 bridgehead atoms. The van der Waals surface area contributed by atoms with Crippen LogP contribution in [0.5, 0.6) is 0 Å². The molecule has 5 heteroatoms. The van der Waals surface area contributed by atoms with E-state index in [-0.39, 0.29) is 30.3 Å². The fraction of sp³-hybridized carbons (Fsp3) is 0.846. The maximum atomic E-state index is 12.1. The van der Waals surface area contributed by atoms with Crippen molar-refractivity contribution in [3.8, 4) is 0 Å². The summed E-state index contributed by atoms with van der Waals surface area (Å²) in [4.78, 5) is 25.2. The standard InChI is InChI=1S/C13H25N3O2/c1-9(2)15-12(17)8-16(4)13(18)11-6-5-10(3)14-7-11/h9-11,14H,5-8H2,1-4H3,(H,15,17). The fourth-order valence-corrected chi connectivity index (χ4v) is 2.18. The number of hydrogen-bond acceptors (Lipinski definition) is 3. The monoisotopic (exact) mass is 255 g/mol. The molecule has 0 saturated carbocycles. The van der Waals surface area contributed by atoms with Gasteiger partial charge in [0, 0.05) is 25.7 Å². The molecular formula is C13H25N3O2. The van der Waals surface area contributed by atoms with Crippen molar-refractivity contribution in [3.05, 3.63) is 0 Å². The summed E-state index contributed by atoms with van der Waals surface area (Å²) >= 11 is 0. The number of rotatable bonds is 4. The second-order valence-corrected chi connectivity index (χ2v) is 5.50. The van der Waals surface area contributed by atoms with Crippen molar-refractivity contribution < 1.29 is 9.59 Å². The summed E-state index contributed by atoms with van der Waals surface area (Å²) in [6.07, 6.45) is 1.92. The molecule has 0 aromatic heterocycles. The normalized spacial score (nSPS) is 23.8. The van der Waals surface area contributed by atoms with Gasteiger partial charge >= 0.3 is 0 Å². The minimum absolute atomic E-state index is 0.0121. The smallest absolute Gasteiger partial charge is 0.239 e. The summed E-state index contributed by atoms with van der Waals surface area (Å²) in [5.41, 5.74) is 0. The third-order valence-electron chi connectivity index (χ3n) is 3.22. The summed E-state index contributed by atoms with van der Waals surface area (Å²) < 4.78 is 0. The lowest BCUT2D eigenvalue weighted by Crippen LogP contribution is -2.47. The van der Waals surface area contributed by atoms with E-state index in [9.17, 15) is 9.59 Å². The van der Waals surface area contributed by atoms with Gasteiger partial charge in [0.05, 0.1) is 12.5 Å². The highest BCUT2D eigenvalue weighted by atomic mass is 16.2. The highest BCUT2D eigenvalue weighted by molar-refractivity contribution is 5.86. The van der Waals surface area contributed by atoms with E-state index >= 15 is 0 Å². The lowest BCUT2D eigenvalue weighted by atomic mass is 9.94. The molecule has 1 aliphatic rings. The van der Waals surface area contributed by atoms with Gasteiger partial charge in [-0.05, 0) is 33.6 Å². The number of nitrogens with one attached hydrogen (secondary N) is 2. The Hall–Kier alpha value is -1.10. The highest BCUT2D eigenvalue weighted by Crippen LogP contribution is 2.16. The molecule has 18 heavy (non-hydrogen) atoms. The van der Waals surface area contributed by atoms with Gasteiger partial charge in [0.1, 0.15) is 0 Å². The van der Waals surface area contributed by atoms with Crippen molar-refractivity contribution in [1.29, 1.82) is 0 Å². The Kier molecular flexibility index (Phi) is 5.59. The van der Waals surface area contributed by atoms with E-state index in [1.54, 1.807) is 7.05 Å². The summed E-state index contributed by atoms with van der Waals surface area (Å²) in [6, 6.07) is 0.599. The summed E-state index contributed by atoms with van der Waals surface area (Å²) in [6.45, 7) is 6.80. The van der Waals surface area contributed by atoms with Crippen LogP contribution in [-0.2, 0) is 9.59 Å². The molecule has 1 fully saturated rings. The molecule has 2 unspecified atom stereocenters. The predicted molar refractivity (Wildman–Crippen MR) is 71.1 cm³/mol. The van der Waals surface area contributed by atoms with Crippen LogP contribution in [0.2, 0.25) is 0 Å². The Labute approximate surface area is 109 Å². The number of hydrogen-bond donors (Lipinski definition) is 2. The van der Waals surface area contributed by atoms with Gasteiger partial charge in [0.15, 0.2) is 0 Å². The van der Waals surface area contributed by atoms with Gasteiger partial charge in [-0.1, -0.05) is 0 Å². The Morgan fingerprint density at radius 3 is 2.56 bits per heavy atom. The largest absolute Gasteiger partial charge is 0.352 e. The van der Waals surface area contributed by atoms with Crippen LogP contribution in [-0.4, -0.2) is 48.9 Å². The van der Waals surface area contributed by atoms with Crippen molar-refractivity contribution in [2.75, 3.05) is 20.1 Å². The van der Waals surface area contributed by atoms with Crippen LogP contribution < -0.4 is 10.6 Å². The van der Waals surface area contributed by atoms with E-state index in [1.807, 2.05) is 13.8 Å². The summed E-state index contributed by atoms with van der Waals surface area (Å²) in [5.74, 6) is -0.0238. The van der Waals surface area contributed by atoms with Crippen molar-refractivity contribution >= 4 is 11.8 Å². The van der Waals surface area contributed by atoms with Crippen LogP contribution in [0.1, 0.15) is 33.6 Å². The van der Waals surface area contributed by atoms with E-state index in [4.69, 9.17) is 0 Å². The van der Waals surface area contributed by atoms with Crippen LogP contribution >= 0.6 is 0 Å². The lowest BCUT2D eigenvalue weighted by Gasteiger charge is -2.29. The number of amides is 2. The van der Waals surface area contributed by atoms with Gasteiger partial charge in [-0.25, -0.2) is 0 Å². The van der Waals surface area contributed by atoms with Gasteiger partial charge in [0.25, 0.3) is 0 Å². The predicted octanol–water partition coefficient (Wildman–Crippen LogP) is 0.358. The van der Waals surface area contributed by atoms with Gasteiger partial charge < -0.3 is 15.5 Å². The molecule has 2 N–H and O–H groups in total. The second-order valence-electron chi connectivity index (χ2n) is 5.50. The average molecular weight is 255 g/mol. The van der Waals surface area contributed by atoms with Crippen LogP contribution in [0.3, 0.4) is 0 Å². The van der Waals surface area contributed by atoms with Crippen molar-refractivity contribution in [1.82, 2.24) is 15.5 Å². The Morgan fingerprint density at radius 2 is 2.06 bits per heavy atom. The molecule has 0 aromatic rings. The highest BCUT2D eigenvalue weighted by Gasteiger charge is 2.27. The Balaban J connectivity index is 2.39. The number of carbonyl (C=O) groups excluding carboxylic acids is 2. The number of nitrogens with zero attached hydrogens (tertiary/aromatic N) is 1. The molecule has 5 nitrogen and oxygen atoms in total. The van der Waals surface area contributed by atoms with Crippen LogP contribution in [0.25, 0.3) is 0 Å². The third kappa shape index (κ3) is 4.64. The quantitative estimate of drug-likeness (QED) is 0.762. The minimum Gasteiger partial charge on any atom is -0.352 e. The molecule has 1 rings (SSSR count). The lowest BCUT2D eigenvalue weighted by molar-refractivity contribution is -0.138. The minimum atomic E-state index is -0.0991. The van der Waals surface area contributed by atoms with E-state index in [1.165, 1.54) is 4.90 Å². The molecule has 104 valence electrons. The molecule has 1 saturated heterocycles. The van der Waals surface area contributed by atoms with E-state index in [0.717, 1.165) is 19.4 Å². The van der Waals surface area contributed by atoms with Crippen LogP contribution in [0, 0.1) is 5.92 Å². The SMILES string of the molecule is CC(C)NC(=O)CN(C)C(=O)C1CCC(C)NC1. The van der Waals surface area contributed by atoms with Gasteiger partial charge in [0.2, 0.25) is 11.8 Å². The molecule has 1 heterocycles. The number of carbonyl (C=O) groups is 2. The van der Waals surface area contributed by atoms with Gasteiger partial charge in [-0.15, -0.1) is 0 Å². The third-order valence-corrected chi connectivity index (χ3v) is 3.22. The fourth-order valence-electron chi connectivity index (χ4n) is 2.18. The number of piperidine rings is 1. The zero-order valence-corrected chi connectivity index (χ0v) is 11.8. The first kappa shape index (κ1) is 15.0. The molecule has 0 spiro atoms. The Morgan fingerprint density at radius 1 is 1.39 bits per heavy atom. The van der Waals surface area contributed by atoms with Crippen molar-refractivity contribution in [2.45, 2.75) is 45.7 Å². The zero-order chi connectivity index (χ0) is 13.7. The summed E-state index contributed by atoms with van der Waals surface area (Å²) in [5, 5.41) is 6.10. The summed E-state index contributed by atoms with van der Waals surface area (Å²) in [7, 11) is 1.69. The van der Waals surface area contributed by atoms with Crippen molar-refractivity contribution in [2.24, 2.45) is 5.92 Å². The van der Waals surface area contributed by atoms with Gasteiger partial charge in [-0.3, -0.25) is 9.59 Å². The average Bonchev–Trinajstić information content (AvgIpc) is 2.27. The first-order chi connectivity index (χ1) is 8.40. The van der Waals surface area contributed by atoms with E-state index in [2.05, 4.69) is 17.6 Å². The van der Waals surface area contributed by atoms with Crippen LogP contribution in [0.4, 0.5) is 0 Å². The molecule has 0 aromatic carbocycles. The maximum absolute atomic E-state index is 12.1. The molecule has 0 radical (unpaired) electrons. The van der Waals surface area contributed by atoms with E-state index < -0.39 is 0 Å². The maximum Gasteiger partial charge on any atom is 0.239 e. The topological polar surface area (TPSA) is 61.4 Å². The molecule has 1 aliphatic heterocycles. The molecular weight excluding hydrogens is 230 g/mol. The molecule has 2 amide bonds. The second kappa shape index (κ2) is 6.73. The van der Waals surface area contributed by atoms with Crippen molar-refractivity contribution in [3.63, 3.8) is 0 Å². The molecule has 0 aliphatic carbocycles. The zero-order valence-electron chi connectivity index (χ0n) is 11.8. The van der Waals surface area contributed by atoms with E-state index in [0.29, 0.717) is 6.04 Å². The first-order valence-corrected chi connectivity index (χ1v) is 6.68. The first-order valence-electron chi connectivity index (χ1n) is 6.68. The van der Waals surface area contributed by atoms with Gasteiger partial charge in [-0.2, -0.15) is 0 Å². The molecule has 2 atom stereocenters.